The maximum atomic E-state index is 10.8. The van der Waals surface area contributed by atoms with Crippen LogP contribution in [-0.4, -0.2) is 12.8 Å². The Labute approximate surface area is 78.0 Å². The zero-order chi connectivity index (χ0) is 9.26. The van der Waals surface area contributed by atoms with Crippen molar-refractivity contribution in [2.75, 3.05) is 6.54 Å². The third kappa shape index (κ3) is 1.38. The molecule has 0 aromatic heterocycles. The molecule has 0 spiro atoms. The minimum atomic E-state index is -0.104. The van der Waals surface area contributed by atoms with Gasteiger partial charge < -0.3 is 10.1 Å². The van der Waals surface area contributed by atoms with Gasteiger partial charge in [-0.25, -0.2) is 0 Å². The summed E-state index contributed by atoms with van der Waals surface area (Å²) >= 11 is 0. The molecule has 1 aromatic rings. The molecule has 1 aliphatic heterocycles. The summed E-state index contributed by atoms with van der Waals surface area (Å²) in [4.78, 5) is 10.8. The smallest absolute Gasteiger partial charge is 0.141 e. The van der Waals surface area contributed by atoms with Gasteiger partial charge in [-0.2, -0.15) is 0 Å². The molecular formula is C11H13NO. The summed E-state index contributed by atoms with van der Waals surface area (Å²) in [5, 5.41) is 3.21. The fraction of sp³-hybridized carbons (Fsp3) is 0.364. The normalized spacial score (nSPS) is 26.5. The first-order valence-electron chi connectivity index (χ1n) is 4.60. The van der Waals surface area contributed by atoms with E-state index in [1.54, 1.807) is 0 Å². The van der Waals surface area contributed by atoms with E-state index in [1.165, 1.54) is 5.56 Å². The zero-order valence-corrected chi connectivity index (χ0v) is 7.66. The van der Waals surface area contributed by atoms with Crippen molar-refractivity contribution in [3.63, 3.8) is 0 Å². The van der Waals surface area contributed by atoms with Gasteiger partial charge in [0.1, 0.15) is 6.29 Å². The van der Waals surface area contributed by atoms with Gasteiger partial charge in [0.25, 0.3) is 0 Å². The van der Waals surface area contributed by atoms with Crippen LogP contribution in [0.1, 0.15) is 30.0 Å². The molecule has 0 saturated heterocycles. The zero-order valence-electron chi connectivity index (χ0n) is 7.66. The summed E-state index contributed by atoms with van der Waals surface area (Å²) in [5.41, 5.74) is 2.44. The number of fused-ring (bicyclic) bond motifs is 1. The first kappa shape index (κ1) is 8.45. The molecule has 1 aromatic carbocycles. The van der Waals surface area contributed by atoms with Crippen LogP contribution in [0.4, 0.5) is 0 Å². The fourth-order valence-electron chi connectivity index (χ4n) is 1.89. The summed E-state index contributed by atoms with van der Waals surface area (Å²) in [6, 6.07) is 8.04. The molecule has 1 heterocycles. The van der Waals surface area contributed by atoms with Crippen LogP contribution in [0.25, 0.3) is 0 Å². The summed E-state index contributed by atoms with van der Waals surface area (Å²) < 4.78 is 0. The van der Waals surface area contributed by atoms with Crippen LogP contribution in [0.2, 0.25) is 0 Å². The molecule has 0 bridgehead atoms. The number of rotatable bonds is 1. The average Bonchev–Trinajstić information content (AvgIpc) is 2.19. The van der Waals surface area contributed by atoms with Gasteiger partial charge in [0.2, 0.25) is 0 Å². The Morgan fingerprint density at radius 2 is 2.08 bits per heavy atom. The van der Waals surface area contributed by atoms with Gasteiger partial charge in [-0.15, -0.1) is 0 Å². The van der Waals surface area contributed by atoms with Crippen molar-refractivity contribution in [3.05, 3.63) is 35.4 Å². The second-order valence-electron chi connectivity index (χ2n) is 3.55. The van der Waals surface area contributed by atoms with E-state index in [0.717, 1.165) is 18.4 Å². The second-order valence-corrected chi connectivity index (χ2v) is 3.55. The van der Waals surface area contributed by atoms with Gasteiger partial charge in [0.15, 0.2) is 0 Å². The fourth-order valence-corrected chi connectivity index (χ4v) is 1.89. The molecule has 13 heavy (non-hydrogen) atoms. The Hall–Kier alpha value is -1.15. The van der Waals surface area contributed by atoms with E-state index >= 15 is 0 Å². The van der Waals surface area contributed by atoms with Crippen molar-refractivity contribution < 1.29 is 4.79 Å². The molecule has 0 aliphatic carbocycles. The Bertz CT molecular complexity index is 322. The van der Waals surface area contributed by atoms with E-state index in [0.29, 0.717) is 5.92 Å². The highest BCUT2D eigenvalue weighted by Crippen LogP contribution is 2.28. The van der Waals surface area contributed by atoms with Gasteiger partial charge in [-0.1, -0.05) is 31.2 Å². The second kappa shape index (κ2) is 3.30. The molecule has 68 valence electrons. The van der Waals surface area contributed by atoms with Crippen LogP contribution in [-0.2, 0) is 4.79 Å². The van der Waals surface area contributed by atoms with Gasteiger partial charge in [0.05, 0.1) is 6.04 Å². The van der Waals surface area contributed by atoms with Crippen LogP contribution < -0.4 is 5.32 Å². The Kier molecular flexibility index (Phi) is 2.15. The van der Waals surface area contributed by atoms with Crippen molar-refractivity contribution >= 4 is 6.29 Å². The first-order chi connectivity index (χ1) is 6.33. The van der Waals surface area contributed by atoms with E-state index in [4.69, 9.17) is 0 Å². The average molecular weight is 175 g/mol. The molecule has 0 saturated carbocycles. The molecule has 2 unspecified atom stereocenters. The predicted molar refractivity (Wildman–Crippen MR) is 51.7 cm³/mol. The predicted octanol–water partition coefficient (Wildman–Crippen LogP) is 1.63. The summed E-state index contributed by atoms with van der Waals surface area (Å²) in [5.74, 6) is 0.507. The quantitative estimate of drug-likeness (QED) is 0.657. The largest absolute Gasteiger partial charge is 0.303 e. The van der Waals surface area contributed by atoms with Gasteiger partial charge in [0, 0.05) is 6.54 Å². The van der Waals surface area contributed by atoms with Crippen molar-refractivity contribution in [1.29, 1.82) is 0 Å². The van der Waals surface area contributed by atoms with Crippen molar-refractivity contribution in [1.82, 2.24) is 5.32 Å². The molecular weight excluding hydrogens is 162 g/mol. The minimum absolute atomic E-state index is 0.104. The van der Waals surface area contributed by atoms with Crippen LogP contribution in [0.3, 0.4) is 0 Å². The lowest BCUT2D eigenvalue weighted by molar-refractivity contribution is -0.109. The molecule has 1 aliphatic rings. The highest BCUT2D eigenvalue weighted by Gasteiger charge is 2.22. The first-order valence-corrected chi connectivity index (χ1v) is 4.60. The minimum Gasteiger partial charge on any atom is -0.303 e. The number of carbonyl (C=O) groups is 1. The number of aldehydes is 1. The van der Waals surface area contributed by atoms with Crippen LogP contribution in [0.15, 0.2) is 24.3 Å². The SMILES string of the molecule is CC1CNC(C=O)c2ccccc21. The van der Waals surface area contributed by atoms with E-state index in [1.807, 2.05) is 18.2 Å². The highest BCUT2D eigenvalue weighted by molar-refractivity contribution is 5.63. The van der Waals surface area contributed by atoms with Gasteiger partial charge in [-0.05, 0) is 17.0 Å². The topological polar surface area (TPSA) is 29.1 Å². The van der Waals surface area contributed by atoms with Crippen LogP contribution in [0, 0.1) is 0 Å². The lowest BCUT2D eigenvalue weighted by Gasteiger charge is -2.27. The van der Waals surface area contributed by atoms with Gasteiger partial charge in [-0.3, -0.25) is 0 Å². The van der Waals surface area contributed by atoms with E-state index in [9.17, 15) is 4.79 Å². The molecule has 2 heteroatoms. The maximum absolute atomic E-state index is 10.8. The third-order valence-electron chi connectivity index (χ3n) is 2.64. The Balaban J connectivity index is 2.47. The summed E-state index contributed by atoms with van der Waals surface area (Å²) in [6.45, 7) is 3.06. The van der Waals surface area contributed by atoms with Crippen molar-refractivity contribution in [3.8, 4) is 0 Å². The standard InChI is InChI=1S/C11H13NO/c1-8-6-12-11(7-13)10-5-3-2-4-9(8)10/h2-5,7-8,11-12H,6H2,1H3. The monoisotopic (exact) mass is 175 g/mol. The number of hydrogen-bond acceptors (Lipinski definition) is 2. The van der Waals surface area contributed by atoms with Crippen LogP contribution >= 0.6 is 0 Å². The van der Waals surface area contributed by atoms with E-state index in [2.05, 4.69) is 18.3 Å². The molecule has 0 amide bonds. The lowest BCUT2D eigenvalue weighted by Crippen LogP contribution is -2.32. The number of benzene rings is 1. The lowest BCUT2D eigenvalue weighted by atomic mass is 9.88. The van der Waals surface area contributed by atoms with Crippen molar-refractivity contribution in [2.24, 2.45) is 0 Å². The van der Waals surface area contributed by atoms with Gasteiger partial charge >= 0.3 is 0 Å². The Morgan fingerprint density at radius 1 is 1.38 bits per heavy atom. The number of nitrogens with one attached hydrogen (secondary N) is 1. The Morgan fingerprint density at radius 3 is 2.77 bits per heavy atom. The third-order valence-corrected chi connectivity index (χ3v) is 2.64. The highest BCUT2D eigenvalue weighted by atomic mass is 16.1. The molecule has 0 radical (unpaired) electrons. The van der Waals surface area contributed by atoms with E-state index < -0.39 is 0 Å². The number of hydrogen-bond donors (Lipinski definition) is 1. The van der Waals surface area contributed by atoms with E-state index in [-0.39, 0.29) is 6.04 Å². The molecule has 2 nitrogen and oxygen atoms in total. The molecule has 2 rings (SSSR count). The van der Waals surface area contributed by atoms with Crippen LogP contribution in [0.5, 0.6) is 0 Å². The molecule has 1 N–H and O–H groups in total. The maximum Gasteiger partial charge on any atom is 0.141 e. The molecule has 2 atom stereocenters. The van der Waals surface area contributed by atoms with Crippen molar-refractivity contribution in [2.45, 2.75) is 18.9 Å². The summed E-state index contributed by atoms with van der Waals surface area (Å²) in [6.07, 6.45) is 0.977. The summed E-state index contributed by atoms with van der Waals surface area (Å²) in [7, 11) is 0. The molecule has 0 fully saturated rings. The number of carbonyl (C=O) groups excluding carboxylic acids is 1.